The van der Waals surface area contributed by atoms with E-state index in [4.69, 9.17) is 5.73 Å². The molecular formula is C8H12N2O. The molecule has 0 aliphatic rings. The van der Waals surface area contributed by atoms with Crippen molar-refractivity contribution in [2.75, 3.05) is 5.73 Å². The van der Waals surface area contributed by atoms with Gasteiger partial charge in [-0.25, -0.2) is 4.98 Å². The Hall–Kier alpha value is -1.09. The second-order valence-electron chi connectivity index (χ2n) is 2.64. The first-order chi connectivity index (χ1) is 5.11. The van der Waals surface area contributed by atoms with Gasteiger partial charge >= 0.3 is 0 Å². The zero-order valence-electron chi connectivity index (χ0n) is 6.70. The van der Waals surface area contributed by atoms with Crippen LogP contribution in [0.15, 0.2) is 12.3 Å². The molecule has 0 radical (unpaired) electrons. The summed E-state index contributed by atoms with van der Waals surface area (Å²) in [5.41, 5.74) is 7.25. The Morgan fingerprint density at radius 1 is 1.64 bits per heavy atom. The molecule has 0 aromatic carbocycles. The van der Waals surface area contributed by atoms with E-state index in [1.165, 1.54) is 0 Å². The summed E-state index contributed by atoms with van der Waals surface area (Å²) >= 11 is 0. The predicted molar refractivity (Wildman–Crippen MR) is 44.0 cm³/mol. The highest BCUT2D eigenvalue weighted by atomic mass is 16.3. The number of pyridine rings is 1. The molecule has 1 aromatic heterocycles. The zero-order chi connectivity index (χ0) is 8.43. The first kappa shape index (κ1) is 8.01. The Bertz CT molecular complexity index is 258. The summed E-state index contributed by atoms with van der Waals surface area (Å²) in [6.07, 6.45) is 1.14. The topological polar surface area (TPSA) is 59.1 Å². The van der Waals surface area contributed by atoms with Crippen molar-refractivity contribution in [1.82, 2.24) is 4.98 Å². The van der Waals surface area contributed by atoms with Gasteiger partial charge in [-0.1, -0.05) is 0 Å². The normalized spacial score (nSPS) is 13.0. The van der Waals surface area contributed by atoms with Gasteiger partial charge in [0.1, 0.15) is 5.82 Å². The molecule has 3 N–H and O–H groups in total. The van der Waals surface area contributed by atoms with Gasteiger partial charge in [-0.05, 0) is 25.5 Å². The van der Waals surface area contributed by atoms with Crippen molar-refractivity contribution >= 4 is 5.82 Å². The fourth-order valence-electron chi connectivity index (χ4n) is 1.03. The summed E-state index contributed by atoms with van der Waals surface area (Å²) < 4.78 is 0. The van der Waals surface area contributed by atoms with Crippen molar-refractivity contribution in [3.63, 3.8) is 0 Å². The fraction of sp³-hybridized carbons (Fsp3) is 0.375. The second-order valence-corrected chi connectivity index (χ2v) is 2.64. The molecule has 11 heavy (non-hydrogen) atoms. The summed E-state index contributed by atoms with van der Waals surface area (Å²) in [4.78, 5) is 3.88. The lowest BCUT2D eigenvalue weighted by molar-refractivity contribution is 0.198. The Balaban J connectivity index is 3.09. The second kappa shape index (κ2) is 2.88. The number of nitrogens with two attached hydrogens (primary N) is 1. The van der Waals surface area contributed by atoms with Crippen LogP contribution < -0.4 is 5.73 Å². The van der Waals surface area contributed by atoms with Gasteiger partial charge in [-0.2, -0.15) is 0 Å². The third-order valence-corrected chi connectivity index (χ3v) is 1.62. The molecular weight excluding hydrogens is 140 g/mol. The van der Waals surface area contributed by atoms with Crippen LogP contribution in [0.5, 0.6) is 0 Å². The van der Waals surface area contributed by atoms with Gasteiger partial charge in [0.05, 0.1) is 6.10 Å². The van der Waals surface area contributed by atoms with Crippen LogP contribution in [0, 0.1) is 6.92 Å². The van der Waals surface area contributed by atoms with Crippen molar-refractivity contribution in [3.8, 4) is 0 Å². The molecule has 0 unspecified atom stereocenters. The molecule has 0 fully saturated rings. The molecule has 1 heterocycles. The fourth-order valence-corrected chi connectivity index (χ4v) is 1.03. The Kier molecular flexibility index (Phi) is 2.10. The van der Waals surface area contributed by atoms with Crippen molar-refractivity contribution in [1.29, 1.82) is 0 Å². The molecule has 0 aliphatic heterocycles. The first-order valence-electron chi connectivity index (χ1n) is 3.51. The first-order valence-corrected chi connectivity index (χ1v) is 3.51. The molecule has 60 valence electrons. The quantitative estimate of drug-likeness (QED) is 0.631. The molecule has 1 rings (SSSR count). The number of hydrogen-bond acceptors (Lipinski definition) is 3. The van der Waals surface area contributed by atoms with E-state index in [9.17, 15) is 5.11 Å². The Labute approximate surface area is 65.9 Å². The highest BCUT2D eigenvalue weighted by molar-refractivity contribution is 5.36. The largest absolute Gasteiger partial charge is 0.389 e. The summed E-state index contributed by atoms with van der Waals surface area (Å²) in [5, 5.41) is 9.21. The van der Waals surface area contributed by atoms with Gasteiger partial charge < -0.3 is 10.8 Å². The molecule has 3 heteroatoms. The van der Waals surface area contributed by atoms with Crippen molar-refractivity contribution in [2.24, 2.45) is 0 Å². The van der Waals surface area contributed by atoms with Crippen LogP contribution in [-0.4, -0.2) is 10.1 Å². The smallest absolute Gasteiger partial charge is 0.123 e. The van der Waals surface area contributed by atoms with Crippen LogP contribution in [0.1, 0.15) is 24.2 Å². The lowest BCUT2D eigenvalue weighted by atomic mass is 10.1. The standard InChI is InChI=1S/C8H12N2O/c1-5-3-8(9)10-4-7(5)6(2)11/h3-4,6,11H,1-2H3,(H2,9,10)/t6-/m1/s1. The Morgan fingerprint density at radius 2 is 2.27 bits per heavy atom. The molecule has 0 bridgehead atoms. The average Bonchev–Trinajstić information content (AvgIpc) is 1.85. The van der Waals surface area contributed by atoms with E-state index in [0.717, 1.165) is 11.1 Å². The lowest BCUT2D eigenvalue weighted by Gasteiger charge is -2.07. The zero-order valence-corrected chi connectivity index (χ0v) is 6.70. The van der Waals surface area contributed by atoms with Gasteiger partial charge in [0.25, 0.3) is 0 Å². The third kappa shape index (κ3) is 1.68. The molecule has 1 atom stereocenters. The molecule has 1 aromatic rings. The number of nitrogens with zero attached hydrogens (tertiary/aromatic N) is 1. The minimum Gasteiger partial charge on any atom is -0.389 e. The maximum absolute atomic E-state index is 9.21. The lowest BCUT2D eigenvalue weighted by Crippen LogP contribution is -1.98. The average molecular weight is 152 g/mol. The van der Waals surface area contributed by atoms with E-state index in [1.54, 1.807) is 19.2 Å². The summed E-state index contributed by atoms with van der Waals surface area (Å²) in [6.45, 7) is 3.61. The van der Waals surface area contributed by atoms with E-state index < -0.39 is 6.10 Å². The van der Waals surface area contributed by atoms with Crippen molar-refractivity contribution in [2.45, 2.75) is 20.0 Å². The number of rotatable bonds is 1. The van der Waals surface area contributed by atoms with E-state index in [2.05, 4.69) is 4.98 Å². The molecule has 3 nitrogen and oxygen atoms in total. The predicted octanol–water partition coefficient (Wildman–Crippen LogP) is 1.03. The van der Waals surface area contributed by atoms with Gasteiger partial charge in [0, 0.05) is 11.8 Å². The van der Waals surface area contributed by atoms with E-state index in [1.807, 2.05) is 6.92 Å². The monoisotopic (exact) mass is 152 g/mol. The van der Waals surface area contributed by atoms with Crippen LogP contribution >= 0.6 is 0 Å². The highest BCUT2D eigenvalue weighted by Crippen LogP contribution is 2.16. The maximum atomic E-state index is 9.21. The molecule has 0 amide bonds. The van der Waals surface area contributed by atoms with Crippen molar-refractivity contribution in [3.05, 3.63) is 23.4 Å². The SMILES string of the molecule is Cc1cc(N)ncc1[C@@H](C)O. The third-order valence-electron chi connectivity index (χ3n) is 1.62. The number of aliphatic hydroxyl groups excluding tert-OH is 1. The van der Waals surface area contributed by atoms with Crippen LogP contribution in [0.2, 0.25) is 0 Å². The van der Waals surface area contributed by atoms with Crippen LogP contribution in [0.3, 0.4) is 0 Å². The number of nitrogen functional groups attached to an aromatic ring is 1. The van der Waals surface area contributed by atoms with Crippen LogP contribution in [-0.2, 0) is 0 Å². The minimum atomic E-state index is -0.469. The highest BCUT2D eigenvalue weighted by Gasteiger charge is 2.04. The van der Waals surface area contributed by atoms with Crippen LogP contribution in [0.4, 0.5) is 5.82 Å². The van der Waals surface area contributed by atoms with Gasteiger partial charge in [0.2, 0.25) is 0 Å². The van der Waals surface area contributed by atoms with Crippen LogP contribution in [0.25, 0.3) is 0 Å². The summed E-state index contributed by atoms with van der Waals surface area (Å²) in [6, 6.07) is 1.75. The van der Waals surface area contributed by atoms with Gasteiger partial charge in [0.15, 0.2) is 0 Å². The van der Waals surface area contributed by atoms with Gasteiger partial charge in [-0.15, -0.1) is 0 Å². The maximum Gasteiger partial charge on any atom is 0.123 e. The number of hydrogen-bond donors (Lipinski definition) is 2. The molecule has 0 saturated carbocycles. The summed E-state index contributed by atoms with van der Waals surface area (Å²) in [5.74, 6) is 0.493. The Morgan fingerprint density at radius 3 is 2.73 bits per heavy atom. The molecule has 0 spiro atoms. The molecule has 0 aliphatic carbocycles. The number of aliphatic hydroxyl groups is 1. The molecule has 0 saturated heterocycles. The van der Waals surface area contributed by atoms with E-state index in [-0.39, 0.29) is 0 Å². The van der Waals surface area contributed by atoms with E-state index in [0.29, 0.717) is 5.82 Å². The number of aromatic nitrogens is 1. The van der Waals surface area contributed by atoms with Crippen molar-refractivity contribution < 1.29 is 5.11 Å². The minimum absolute atomic E-state index is 0.469. The van der Waals surface area contributed by atoms with Gasteiger partial charge in [-0.3, -0.25) is 0 Å². The number of aryl methyl sites for hydroxylation is 1. The van der Waals surface area contributed by atoms with E-state index >= 15 is 0 Å². The number of anilines is 1. The summed E-state index contributed by atoms with van der Waals surface area (Å²) in [7, 11) is 0.